The van der Waals surface area contributed by atoms with Crippen molar-refractivity contribution >= 4 is 43.6 Å². The minimum absolute atomic E-state index is 0.135. The molecule has 0 spiro atoms. The lowest BCUT2D eigenvalue weighted by Gasteiger charge is -2.21. The standard InChI is InChI=1S/C59H38N8/c1-59(2)50-16-4-3-13-44(50)49-33-39(21-22-51(49)59)57-65-56(36-19-17-35(18-20-36)40-12-5-23-60-34-40)66-58(67-57)43-29-41(47-31-37-10-6-24-61-52(37)54-45(47)14-8-26-63-54)28-42(30-43)48-32-38-11-7-25-62-53(38)55-46(48)15-9-27-64-55/h3-34H,1-2H3. The molecule has 0 fully saturated rings. The van der Waals surface area contributed by atoms with Crippen LogP contribution in [0.3, 0.4) is 0 Å². The van der Waals surface area contributed by atoms with Crippen LogP contribution in [-0.4, -0.2) is 39.9 Å². The smallest absolute Gasteiger partial charge is 0.164 e. The lowest BCUT2D eigenvalue weighted by Crippen LogP contribution is -2.14. The van der Waals surface area contributed by atoms with Crippen molar-refractivity contribution in [3.63, 3.8) is 0 Å². The second-order valence-corrected chi connectivity index (χ2v) is 17.7. The van der Waals surface area contributed by atoms with E-state index in [1.54, 1.807) is 6.20 Å². The van der Waals surface area contributed by atoms with Crippen LogP contribution in [0, 0.1) is 0 Å². The molecule has 0 atom stereocenters. The molecule has 314 valence electrons. The minimum atomic E-state index is -0.135. The second kappa shape index (κ2) is 15.1. The van der Waals surface area contributed by atoms with E-state index in [1.165, 1.54) is 22.3 Å². The van der Waals surface area contributed by atoms with Gasteiger partial charge in [0.25, 0.3) is 0 Å². The van der Waals surface area contributed by atoms with Gasteiger partial charge in [-0.05, 0) is 122 Å². The first kappa shape index (κ1) is 38.6. The molecule has 6 aromatic carbocycles. The summed E-state index contributed by atoms with van der Waals surface area (Å²) in [6.07, 6.45) is 11.0. The van der Waals surface area contributed by atoms with Crippen molar-refractivity contribution in [2.24, 2.45) is 0 Å². The van der Waals surface area contributed by atoms with Crippen LogP contribution in [-0.2, 0) is 5.41 Å². The van der Waals surface area contributed by atoms with Crippen molar-refractivity contribution in [1.29, 1.82) is 0 Å². The van der Waals surface area contributed by atoms with Crippen LogP contribution in [0.4, 0.5) is 0 Å². The maximum absolute atomic E-state index is 5.40. The number of nitrogens with zero attached hydrogens (tertiary/aromatic N) is 8. The van der Waals surface area contributed by atoms with Gasteiger partial charge in [-0.25, -0.2) is 15.0 Å². The fourth-order valence-electron chi connectivity index (χ4n) is 10.1. The van der Waals surface area contributed by atoms with E-state index in [9.17, 15) is 0 Å². The number of hydrogen-bond acceptors (Lipinski definition) is 8. The average molecular weight is 859 g/mol. The van der Waals surface area contributed by atoms with Gasteiger partial charge in [-0.2, -0.15) is 0 Å². The first-order valence-electron chi connectivity index (χ1n) is 22.4. The molecule has 0 aliphatic heterocycles. The summed E-state index contributed by atoms with van der Waals surface area (Å²) in [5.74, 6) is 1.71. The summed E-state index contributed by atoms with van der Waals surface area (Å²) in [5, 5.41) is 4.00. The Morgan fingerprint density at radius 2 is 0.836 bits per heavy atom. The first-order valence-corrected chi connectivity index (χ1v) is 22.4. The Hall–Kier alpha value is -8.88. The average Bonchev–Trinajstić information content (AvgIpc) is 3.63. The number of hydrogen-bond donors (Lipinski definition) is 0. The molecule has 6 heterocycles. The van der Waals surface area contributed by atoms with E-state index < -0.39 is 0 Å². The molecule has 67 heavy (non-hydrogen) atoms. The maximum Gasteiger partial charge on any atom is 0.164 e. The molecule has 0 saturated carbocycles. The van der Waals surface area contributed by atoms with Crippen LogP contribution in [0.1, 0.15) is 25.0 Å². The molecule has 0 radical (unpaired) electrons. The highest BCUT2D eigenvalue weighted by Gasteiger charge is 2.35. The Morgan fingerprint density at radius 3 is 1.46 bits per heavy atom. The normalized spacial score (nSPS) is 12.7. The number of rotatable bonds is 6. The highest BCUT2D eigenvalue weighted by molar-refractivity contribution is 6.12. The third kappa shape index (κ3) is 6.37. The van der Waals surface area contributed by atoms with Crippen LogP contribution in [0.25, 0.3) is 122 Å². The van der Waals surface area contributed by atoms with Gasteiger partial charge in [-0.15, -0.1) is 0 Å². The zero-order chi connectivity index (χ0) is 44.6. The maximum atomic E-state index is 5.40. The van der Waals surface area contributed by atoms with Gasteiger partial charge in [0.15, 0.2) is 17.5 Å². The highest BCUT2D eigenvalue weighted by Crippen LogP contribution is 2.49. The van der Waals surface area contributed by atoms with Crippen LogP contribution in [0.2, 0.25) is 0 Å². The zero-order valence-electron chi connectivity index (χ0n) is 36.6. The molecular formula is C59H38N8. The van der Waals surface area contributed by atoms with Crippen LogP contribution >= 0.6 is 0 Å². The summed E-state index contributed by atoms with van der Waals surface area (Å²) in [6.45, 7) is 4.60. The molecule has 8 nitrogen and oxygen atoms in total. The summed E-state index contributed by atoms with van der Waals surface area (Å²) < 4.78 is 0. The van der Waals surface area contributed by atoms with Crippen molar-refractivity contribution < 1.29 is 0 Å². The number of benzene rings is 6. The number of aromatic nitrogens is 8. The van der Waals surface area contributed by atoms with Crippen LogP contribution < -0.4 is 0 Å². The molecule has 6 aromatic heterocycles. The third-order valence-electron chi connectivity index (χ3n) is 13.4. The molecular weight excluding hydrogens is 821 g/mol. The number of pyridine rings is 5. The van der Waals surface area contributed by atoms with Crippen molar-refractivity contribution in [2.75, 3.05) is 0 Å². The summed E-state index contributed by atoms with van der Waals surface area (Å²) in [7, 11) is 0. The number of fused-ring (bicyclic) bond motifs is 9. The van der Waals surface area contributed by atoms with Gasteiger partial charge in [0.1, 0.15) is 0 Å². The molecule has 8 heteroatoms. The Kier molecular flexibility index (Phi) is 8.70. The molecule has 0 amide bonds. The fraction of sp³-hybridized carbons (Fsp3) is 0.0508. The highest BCUT2D eigenvalue weighted by atomic mass is 15.0. The minimum Gasteiger partial charge on any atom is -0.264 e. The quantitative estimate of drug-likeness (QED) is 0.152. The van der Waals surface area contributed by atoms with Crippen molar-refractivity contribution in [1.82, 2.24) is 39.9 Å². The topological polar surface area (TPSA) is 103 Å². The lowest BCUT2D eigenvalue weighted by molar-refractivity contribution is 0.660. The van der Waals surface area contributed by atoms with E-state index in [4.69, 9.17) is 34.9 Å². The van der Waals surface area contributed by atoms with Crippen LogP contribution in [0.15, 0.2) is 195 Å². The Balaban J connectivity index is 1.07. The molecule has 0 unspecified atom stereocenters. The van der Waals surface area contributed by atoms with E-state index in [0.717, 1.165) is 93.7 Å². The second-order valence-electron chi connectivity index (χ2n) is 17.7. The largest absolute Gasteiger partial charge is 0.264 e. The van der Waals surface area contributed by atoms with E-state index in [2.05, 4.69) is 146 Å². The summed E-state index contributed by atoms with van der Waals surface area (Å²) >= 11 is 0. The van der Waals surface area contributed by atoms with Crippen molar-refractivity contribution in [3.8, 4) is 78.7 Å². The van der Waals surface area contributed by atoms with Crippen molar-refractivity contribution in [3.05, 3.63) is 206 Å². The van der Waals surface area contributed by atoms with Gasteiger partial charge in [0.2, 0.25) is 0 Å². The van der Waals surface area contributed by atoms with Gasteiger partial charge in [-0.3, -0.25) is 24.9 Å². The molecule has 13 rings (SSSR count). The van der Waals surface area contributed by atoms with E-state index in [0.29, 0.717) is 17.5 Å². The zero-order valence-corrected chi connectivity index (χ0v) is 36.6. The van der Waals surface area contributed by atoms with Crippen molar-refractivity contribution in [2.45, 2.75) is 19.3 Å². The Morgan fingerprint density at radius 1 is 0.328 bits per heavy atom. The molecule has 0 bridgehead atoms. The van der Waals surface area contributed by atoms with Gasteiger partial charge in [-0.1, -0.05) is 105 Å². The summed E-state index contributed by atoms with van der Waals surface area (Å²) in [5.41, 5.74) is 17.1. The van der Waals surface area contributed by atoms with E-state index in [-0.39, 0.29) is 5.41 Å². The molecule has 1 aliphatic carbocycles. The molecule has 12 aromatic rings. The fourth-order valence-corrected chi connectivity index (χ4v) is 10.1. The van der Waals surface area contributed by atoms with Gasteiger partial charge >= 0.3 is 0 Å². The molecule has 1 aliphatic rings. The SMILES string of the molecule is CC1(C)c2ccccc2-c2cc(-c3nc(-c4ccc(-c5cccnc5)cc4)nc(-c4cc(-c5cc6cccnc6c6ncccc56)cc(-c5cc6cccnc6c6ncccc56)c4)n3)ccc21. The summed E-state index contributed by atoms with van der Waals surface area (Å²) in [6, 6.07) is 55.2. The lowest BCUT2D eigenvalue weighted by atomic mass is 9.82. The predicted molar refractivity (Wildman–Crippen MR) is 269 cm³/mol. The first-order chi connectivity index (χ1) is 32.9. The van der Waals surface area contributed by atoms with Gasteiger partial charge in [0.05, 0.1) is 22.1 Å². The molecule has 0 N–H and O–H groups in total. The van der Waals surface area contributed by atoms with Crippen LogP contribution in [0.5, 0.6) is 0 Å². The monoisotopic (exact) mass is 858 g/mol. The van der Waals surface area contributed by atoms with E-state index >= 15 is 0 Å². The van der Waals surface area contributed by atoms with Gasteiger partial charge < -0.3 is 0 Å². The van der Waals surface area contributed by atoms with Gasteiger partial charge in [0, 0.05) is 80.8 Å². The Labute approximate surface area is 385 Å². The Bertz CT molecular complexity index is 3820. The van der Waals surface area contributed by atoms with E-state index in [1.807, 2.05) is 61.3 Å². The third-order valence-corrected chi connectivity index (χ3v) is 13.4. The molecule has 0 saturated heterocycles. The summed E-state index contributed by atoms with van der Waals surface area (Å²) in [4.78, 5) is 39.7. The predicted octanol–water partition coefficient (Wildman–Crippen LogP) is 13.8.